The van der Waals surface area contributed by atoms with Crippen LogP contribution in [0.1, 0.15) is 57.8 Å². The highest BCUT2D eigenvalue weighted by Crippen LogP contribution is 2.58. The van der Waals surface area contributed by atoms with Crippen LogP contribution in [0.3, 0.4) is 0 Å². The van der Waals surface area contributed by atoms with E-state index in [2.05, 4.69) is 59.5 Å². The lowest BCUT2D eigenvalue weighted by atomic mass is 9.70. The normalized spacial score (nSPS) is 31.4. The number of hydrogen-bond donors (Lipinski definition) is 1. The molecule has 2 aromatic rings. The first-order valence-electron chi connectivity index (χ1n) is 10.3. The van der Waals surface area contributed by atoms with Gasteiger partial charge in [-0.25, -0.2) is 4.79 Å². The second-order valence-electron chi connectivity index (χ2n) is 8.62. The maximum atomic E-state index is 11.9. The lowest BCUT2D eigenvalue weighted by Crippen LogP contribution is -2.46. The molecule has 0 radical (unpaired) electrons. The van der Waals surface area contributed by atoms with Crippen molar-refractivity contribution in [1.29, 1.82) is 0 Å². The summed E-state index contributed by atoms with van der Waals surface area (Å²) in [6, 6.07) is 15.1. The number of hydrogen-bond acceptors (Lipinski definition) is 2. The highest BCUT2D eigenvalue weighted by Gasteiger charge is 2.47. The van der Waals surface area contributed by atoms with Crippen molar-refractivity contribution in [2.45, 2.75) is 30.7 Å². The van der Waals surface area contributed by atoms with Crippen LogP contribution in [0.2, 0.25) is 0 Å². The van der Waals surface area contributed by atoms with Crippen molar-refractivity contribution in [3.63, 3.8) is 0 Å². The third-order valence-electron chi connectivity index (χ3n) is 7.24. The number of fused-ring (bicyclic) bond motifs is 4. The fraction of sp³-hybridized carbons (Fsp3) is 0.320. The minimum Gasteiger partial charge on any atom is -0.478 e. The van der Waals surface area contributed by atoms with E-state index >= 15 is 0 Å². The number of benzene rings is 2. The van der Waals surface area contributed by atoms with Gasteiger partial charge in [0.05, 0.1) is 11.6 Å². The average Bonchev–Trinajstić information content (AvgIpc) is 3.38. The van der Waals surface area contributed by atoms with Gasteiger partial charge in [0, 0.05) is 24.1 Å². The Labute approximate surface area is 165 Å². The van der Waals surface area contributed by atoms with Crippen molar-refractivity contribution in [2.75, 3.05) is 11.4 Å². The van der Waals surface area contributed by atoms with Crippen LogP contribution in [-0.4, -0.2) is 17.6 Å². The summed E-state index contributed by atoms with van der Waals surface area (Å²) < 4.78 is 0. The van der Waals surface area contributed by atoms with Gasteiger partial charge in [0.2, 0.25) is 0 Å². The Balaban J connectivity index is 1.61. The molecule has 0 bridgehead atoms. The quantitative estimate of drug-likeness (QED) is 0.732. The monoisotopic (exact) mass is 369 g/mol. The number of nitrogens with zero attached hydrogens (tertiary/aromatic N) is 1. The molecule has 0 saturated heterocycles. The molecule has 3 nitrogen and oxygen atoms in total. The van der Waals surface area contributed by atoms with Crippen LogP contribution in [-0.2, 0) is 0 Å². The van der Waals surface area contributed by atoms with Crippen LogP contribution >= 0.6 is 0 Å². The first kappa shape index (κ1) is 16.2. The highest BCUT2D eigenvalue weighted by molar-refractivity contribution is 5.90. The first-order valence-corrected chi connectivity index (χ1v) is 10.3. The van der Waals surface area contributed by atoms with Gasteiger partial charge in [-0.2, -0.15) is 0 Å². The Morgan fingerprint density at radius 2 is 1.68 bits per heavy atom. The number of aromatic carboxylic acids is 1. The summed E-state index contributed by atoms with van der Waals surface area (Å²) in [5.74, 6) is 0.844. The van der Waals surface area contributed by atoms with Crippen LogP contribution in [0.15, 0.2) is 66.8 Å². The maximum Gasteiger partial charge on any atom is 0.335 e. The minimum atomic E-state index is -0.821. The molecule has 4 aliphatic rings. The number of anilines is 1. The van der Waals surface area contributed by atoms with Gasteiger partial charge in [0.15, 0.2) is 0 Å². The lowest BCUT2D eigenvalue weighted by Gasteiger charge is -2.51. The molecule has 3 heteroatoms. The molecule has 0 fully saturated rings. The van der Waals surface area contributed by atoms with Gasteiger partial charge in [-0.15, -0.1) is 0 Å². The molecule has 2 aliphatic carbocycles. The largest absolute Gasteiger partial charge is 0.478 e. The van der Waals surface area contributed by atoms with E-state index in [4.69, 9.17) is 0 Å². The SMILES string of the molecule is O=C(O)c1cc2c3c(c1)[C@@H]1C=CC[C@@H]1[C@H](c1ccccc1)N3C[C@H]1CC=C[C@@H]21. The molecule has 0 unspecified atom stereocenters. The molecule has 2 heterocycles. The van der Waals surface area contributed by atoms with Gasteiger partial charge < -0.3 is 10.0 Å². The number of carboxylic acid groups (broad SMARTS) is 1. The van der Waals surface area contributed by atoms with E-state index in [1.807, 2.05) is 12.1 Å². The summed E-state index contributed by atoms with van der Waals surface area (Å²) in [5.41, 5.74) is 5.56. The van der Waals surface area contributed by atoms with E-state index in [-0.39, 0.29) is 0 Å². The molecule has 0 saturated carbocycles. The molecule has 0 spiro atoms. The predicted octanol–water partition coefficient (Wildman–Crippen LogP) is 5.28. The van der Waals surface area contributed by atoms with Crippen LogP contribution in [0, 0.1) is 11.8 Å². The maximum absolute atomic E-state index is 11.9. The zero-order valence-electron chi connectivity index (χ0n) is 15.7. The van der Waals surface area contributed by atoms with E-state index in [1.54, 1.807) is 0 Å². The standard InChI is InChI=1S/C25H23NO2/c27-25(28)17-12-21-18-9-4-8-16(18)14-26-23(15-6-2-1-3-7-15)20-11-5-10-19(20)22(13-17)24(21)26/h1-7,9-10,12-13,16,18-20,23H,8,11,14H2,(H,27,28)/t16-,18-,19-,20+,23+/m1/s1. The zero-order valence-corrected chi connectivity index (χ0v) is 15.7. The minimum absolute atomic E-state index is 0.302. The molecule has 0 amide bonds. The smallest absolute Gasteiger partial charge is 0.335 e. The van der Waals surface area contributed by atoms with Crippen LogP contribution in [0.5, 0.6) is 0 Å². The van der Waals surface area contributed by atoms with Gasteiger partial charge in [-0.3, -0.25) is 0 Å². The molecule has 28 heavy (non-hydrogen) atoms. The lowest BCUT2D eigenvalue weighted by molar-refractivity contribution is 0.0696. The van der Waals surface area contributed by atoms with Crippen molar-refractivity contribution in [1.82, 2.24) is 0 Å². The topological polar surface area (TPSA) is 40.5 Å². The van der Waals surface area contributed by atoms with Crippen LogP contribution < -0.4 is 4.90 Å². The molecule has 2 aliphatic heterocycles. The molecule has 1 N–H and O–H groups in total. The number of rotatable bonds is 2. The zero-order chi connectivity index (χ0) is 18.8. The third-order valence-corrected chi connectivity index (χ3v) is 7.24. The molecular formula is C25H23NO2. The van der Waals surface area contributed by atoms with Crippen LogP contribution in [0.4, 0.5) is 5.69 Å². The molecule has 2 aromatic carbocycles. The number of allylic oxidation sites excluding steroid dienone is 4. The van der Waals surface area contributed by atoms with Gasteiger partial charge >= 0.3 is 5.97 Å². The van der Waals surface area contributed by atoms with Gasteiger partial charge in [0.1, 0.15) is 0 Å². The molecule has 140 valence electrons. The Morgan fingerprint density at radius 1 is 0.964 bits per heavy atom. The Hall–Kier alpha value is -2.81. The number of carbonyl (C=O) groups is 1. The fourth-order valence-electron chi connectivity index (χ4n) is 6.13. The summed E-state index contributed by atoms with van der Waals surface area (Å²) in [7, 11) is 0. The van der Waals surface area contributed by atoms with Gasteiger partial charge in [-0.05, 0) is 53.5 Å². The van der Waals surface area contributed by atoms with Gasteiger partial charge in [0.25, 0.3) is 0 Å². The van der Waals surface area contributed by atoms with E-state index < -0.39 is 5.97 Å². The summed E-state index contributed by atoms with van der Waals surface area (Å²) in [6.07, 6.45) is 11.3. The molecule has 0 aromatic heterocycles. The second kappa shape index (κ2) is 5.84. The number of carboxylic acids is 1. The first-order chi connectivity index (χ1) is 13.7. The summed E-state index contributed by atoms with van der Waals surface area (Å²) in [6.45, 7) is 1.05. The Morgan fingerprint density at radius 3 is 2.46 bits per heavy atom. The average molecular weight is 369 g/mol. The summed E-state index contributed by atoms with van der Waals surface area (Å²) in [5, 5.41) is 9.75. The third kappa shape index (κ3) is 2.13. The fourth-order valence-corrected chi connectivity index (χ4v) is 6.13. The van der Waals surface area contributed by atoms with E-state index in [0.717, 1.165) is 19.4 Å². The van der Waals surface area contributed by atoms with Crippen molar-refractivity contribution >= 4 is 11.7 Å². The molecule has 5 atom stereocenters. The van der Waals surface area contributed by atoms with Crippen molar-refractivity contribution in [3.05, 3.63) is 89.0 Å². The Bertz CT molecular complexity index is 1010. The molecular weight excluding hydrogens is 346 g/mol. The summed E-state index contributed by atoms with van der Waals surface area (Å²) >= 11 is 0. The highest BCUT2D eigenvalue weighted by atomic mass is 16.4. The van der Waals surface area contributed by atoms with Gasteiger partial charge in [-0.1, -0.05) is 54.6 Å². The summed E-state index contributed by atoms with van der Waals surface area (Å²) in [4.78, 5) is 14.5. The van der Waals surface area contributed by atoms with Crippen molar-refractivity contribution in [3.8, 4) is 0 Å². The second-order valence-corrected chi connectivity index (χ2v) is 8.62. The predicted molar refractivity (Wildman–Crippen MR) is 110 cm³/mol. The van der Waals surface area contributed by atoms with Crippen molar-refractivity contribution < 1.29 is 9.90 Å². The van der Waals surface area contributed by atoms with E-state index in [1.165, 1.54) is 22.4 Å². The van der Waals surface area contributed by atoms with E-state index in [0.29, 0.717) is 35.3 Å². The van der Waals surface area contributed by atoms with E-state index in [9.17, 15) is 9.90 Å². The Kier molecular flexibility index (Phi) is 3.37. The molecule has 6 rings (SSSR count). The van der Waals surface area contributed by atoms with Crippen LogP contribution in [0.25, 0.3) is 0 Å². The van der Waals surface area contributed by atoms with Crippen molar-refractivity contribution in [2.24, 2.45) is 11.8 Å².